The Balaban J connectivity index is 1.68. The van der Waals surface area contributed by atoms with Crippen molar-refractivity contribution < 1.29 is 18.0 Å². The molecule has 25 heavy (non-hydrogen) atoms. The summed E-state index contributed by atoms with van der Waals surface area (Å²) in [6.07, 6.45) is -1.56. The maximum atomic E-state index is 12.5. The maximum Gasteiger partial charge on any atom is 0.432 e. The molecule has 0 aliphatic heterocycles. The summed E-state index contributed by atoms with van der Waals surface area (Å²) in [4.78, 5) is 12.0. The minimum absolute atomic E-state index is 0.348. The van der Waals surface area contributed by atoms with Gasteiger partial charge in [-0.1, -0.05) is 24.3 Å². The van der Waals surface area contributed by atoms with Crippen LogP contribution in [0.5, 0.6) is 0 Å². The third-order valence-electron chi connectivity index (χ3n) is 3.60. The second kappa shape index (κ2) is 6.42. The number of hydrogen-bond acceptors (Lipinski definition) is 3. The lowest BCUT2D eigenvalue weighted by Crippen LogP contribution is -2.12. The highest BCUT2D eigenvalue weighted by Crippen LogP contribution is 2.27. The van der Waals surface area contributed by atoms with Crippen LogP contribution in [-0.4, -0.2) is 25.9 Å². The van der Waals surface area contributed by atoms with Crippen molar-refractivity contribution in [2.75, 3.05) is 5.32 Å². The zero-order valence-corrected chi connectivity index (χ0v) is 13.1. The van der Waals surface area contributed by atoms with Crippen LogP contribution in [0.3, 0.4) is 0 Å². The molecule has 0 bridgehead atoms. The molecule has 0 atom stereocenters. The first kappa shape index (κ1) is 16.7. The van der Waals surface area contributed by atoms with Crippen molar-refractivity contribution in [1.29, 1.82) is 0 Å². The number of amides is 1. The Kier molecular flexibility index (Phi) is 4.30. The lowest BCUT2D eigenvalue weighted by Gasteiger charge is -2.05. The van der Waals surface area contributed by atoms with Crippen molar-refractivity contribution in [2.24, 2.45) is 0 Å². The van der Waals surface area contributed by atoms with Crippen molar-refractivity contribution in [3.05, 3.63) is 65.2 Å². The molecule has 0 aliphatic carbocycles. The Hall–Kier alpha value is -3.10. The van der Waals surface area contributed by atoms with Gasteiger partial charge in [-0.2, -0.15) is 23.4 Å². The number of hydrogen-bond donors (Lipinski definition) is 2. The summed E-state index contributed by atoms with van der Waals surface area (Å²) in [5.74, 6) is -0.748. The second-order valence-corrected chi connectivity index (χ2v) is 5.47. The number of rotatable bonds is 4. The first-order chi connectivity index (χ1) is 11.8. The number of carbonyl (C=O) groups excluding carboxylic acids is 1. The molecule has 3 aromatic rings. The molecule has 0 unspecified atom stereocenters. The summed E-state index contributed by atoms with van der Waals surface area (Å²) in [7, 11) is 0. The van der Waals surface area contributed by atoms with E-state index in [1.165, 1.54) is 6.20 Å². The molecule has 130 valence electrons. The number of aromatic amines is 1. The molecule has 1 aromatic carbocycles. The number of nitrogens with one attached hydrogen (secondary N) is 2. The molecule has 9 heteroatoms. The SMILES string of the molecule is Cc1ccccc1Cn1cc(NC(=O)c2cc(C(F)(F)F)[nH]n2)cn1. The van der Waals surface area contributed by atoms with Crippen LogP contribution in [0.25, 0.3) is 0 Å². The van der Waals surface area contributed by atoms with Crippen LogP contribution in [0.1, 0.15) is 27.3 Å². The van der Waals surface area contributed by atoms with Crippen LogP contribution in [0, 0.1) is 6.92 Å². The fraction of sp³-hybridized carbons (Fsp3) is 0.188. The molecule has 0 saturated heterocycles. The van der Waals surface area contributed by atoms with Gasteiger partial charge in [-0.25, -0.2) is 0 Å². The van der Waals surface area contributed by atoms with Crippen molar-refractivity contribution in [3.8, 4) is 0 Å². The van der Waals surface area contributed by atoms with Gasteiger partial charge in [-0.15, -0.1) is 0 Å². The predicted octanol–water partition coefficient (Wildman–Crippen LogP) is 3.23. The average Bonchev–Trinajstić information content (AvgIpc) is 3.18. The van der Waals surface area contributed by atoms with Gasteiger partial charge in [-0.05, 0) is 18.1 Å². The lowest BCUT2D eigenvalue weighted by atomic mass is 10.1. The first-order valence-corrected chi connectivity index (χ1v) is 7.34. The minimum Gasteiger partial charge on any atom is -0.318 e. The second-order valence-electron chi connectivity index (χ2n) is 5.47. The van der Waals surface area contributed by atoms with E-state index in [1.54, 1.807) is 16.0 Å². The van der Waals surface area contributed by atoms with E-state index < -0.39 is 17.8 Å². The van der Waals surface area contributed by atoms with E-state index in [2.05, 4.69) is 15.5 Å². The summed E-state index contributed by atoms with van der Waals surface area (Å²) in [5, 5.41) is 11.8. The fourth-order valence-corrected chi connectivity index (χ4v) is 2.26. The third-order valence-corrected chi connectivity index (χ3v) is 3.60. The van der Waals surface area contributed by atoms with Gasteiger partial charge in [0.05, 0.1) is 18.4 Å². The number of aryl methyl sites for hydroxylation is 1. The lowest BCUT2D eigenvalue weighted by molar-refractivity contribution is -0.141. The van der Waals surface area contributed by atoms with Crippen LogP contribution < -0.4 is 5.32 Å². The van der Waals surface area contributed by atoms with Gasteiger partial charge >= 0.3 is 6.18 Å². The normalized spacial score (nSPS) is 11.5. The molecule has 1 amide bonds. The third kappa shape index (κ3) is 3.87. The minimum atomic E-state index is -4.58. The molecule has 3 rings (SSSR count). The van der Waals surface area contributed by atoms with Crippen LogP contribution in [0.4, 0.5) is 18.9 Å². The Morgan fingerprint density at radius 3 is 2.76 bits per heavy atom. The van der Waals surface area contributed by atoms with E-state index >= 15 is 0 Å². The van der Waals surface area contributed by atoms with Crippen molar-refractivity contribution in [2.45, 2.75) is 19.6 Å². The molecule has 0 spiro atoms. The molecule has 2 N–H and O–H groups in total. The van der Waals surface area contributed by atoms with E-state index in [0.29, 0.717) is 18.3 Å². The summed E-state index contributed by atoms with van der Waals surface area (Å²) in [6, 6.07) is 8.47. The molecular formula is C16H14F3N5O. The van der Waals surface area contributed by atoms with Crippen molar-refractivity contribution in [3.63, 3.8) is 0 Å². The van der Waals surface area contributed by atoms with E-state index in [-0.39, 0.29) is 5.69 Å². The summed E-state index contributed by atoms with van der Waals surface area (Å²) in [5.41, 5.74) is 1.13. The Labute approximate surface area is 140 Å². The van der Waals surface area contributed by atoms with Gasteiger partial charge < -0.3 is 5.32 Å². The average molecular weight is 349 g/mol. The Bertz CT molecular complexity index is 897. The summed E-state index contributed by atoms with van der Waals surface area (Å²) < 4.78 is 39.2. The highest BCUT2D eigenvalue weighted by molar-refractivity contribution is 6.02. The van der Waals surface area contributed by atoms with Crippen LogP contribution in [0.15, 0.2) is 42.7 Å². The quantitative estimate of drug-likeness (QED) is 0.759. The van der Waals surface area contributed by atoms with Gasteiger partial charge in [-0.3, -0.25) is 14.6 Å². The number of carbonyl (C=O) groups is 1. The van der Waals surface area contributed by atoms with E-state index in [0.717, 1.165) is 11.1 Å². The molecule has 2 heterocycles. The topological polar surface area (TPSA) is 75.6 Å². The van der Waals surface area contributed by atoms with Crippen molar-refractivity contribution >= 4 is 11.6 Å². The van der Waals surface area contributed by atoms with Gasteiger partial charge in [0.15, 0.2) is 5.69 Å². The van der Waals surface area contributed by atoms with E-state index in [4.69, 9.17) is 0 Å². The van der Waals surface area contributed by atoms with Crippen LogP contribution >= 0.6 is 0 Å². The molecule has 0 fully saturated rings. The highest BCUT2D eigenvalue weighted by Gasteiger charge is 2.33. The Morgan fingerprint density at radius 2 is 2.08 bits per heavy atom. The predicted molar refractivity (Wildman–Crippen MR) is 84.1 cm³/mol. The number of anilines is 1. The molecule has 0 aliphatic rings. The van der Waals surface area contributed by atoms with Gasteiger partial charge in [0.2, 0.25) is 0 Å². The number of benzene rings is 1. The highest BCUT2D eigenvalue weighted by atomic mass is 19.4. The number of H-pyrrole nitrogens is 1. The molecule has 0 radical (unpaired) electrons. The number of nitrogens with zero attached hydrogens (tertiary/aromatic N) is 3. The molecule has 2 aromatic heterocycles. The van der Waals surface area contributed by atoms with E-state index in [9.17, 15) is 18.0 Å². The largest absolute Gasteiger partial charge is 0.432 e. The number of aromatic nitrogens is 4. The number of halogens is 3. The van der Waals surface area contributed by atoms with Crippen molar-refractivity contribution in [1.82, 2.24) is 20.0 Å². The maximum absolute atomic E-state index is 12.5. The van der Waals surface area contributed by atoms with Gasteiger partial charge in [0, 0.05) is 12.3 Å². The standard InChI is InChI=1S/C16H14F3N5O/c1-10-4-2-3-5-11(10)8-24-9-12(7-20-24)21-15(25)13-6-14(23-22-13)16(17,18)19/h2-7,9H,8H2,1H3,(H,21,25)(H,22,23). The van der Waals surface area contributed by atoms with Crippen LogP contribution in [0.2, 0.25) is 0 Å². The van der Waals surface area contributed by atoms with Crippen LogP contribution in [-0.2, 0) is 12.7 Å². The zero-order chi connectivity index (χ0) is 18.0. The first-order valence-electron chi connectivity index (χ1n) is 7.34. The molecule has 6 nitrogen and oxygen atoms in total. The summed E-state index contributed by atoms with van der Waals surface area (Å²) in [6.45, 7) is 2.50. The van der Waals surface area contributed by atoms with E-state index in [1.807, 2.05) is 31.2 Å². The van der Waals surface area contributed by atoms with Gasteiger partial charge in [0.1, 0.15) is 5.69 Å². The number of alkyl halides is 3. The smallest absolute Gasteiger partial charge is 0.318 e. The zero-order valence-electron chi connectivity index (χ0n) is 13.1. The Morgan fingerprint density at radius 1 is 1.32 bits per heavy atom. The summed E-state index contributed by atoms with van der Waals surface area (Å²) >= 11 is 0. The molecule has 0 saturated carbocycles. The molecular weight excluding hydrogens is 335 g/mol. The van der Waals surface area contributed by atoms with Gasteiger partial charge in [0.25, 0.3) is 5.91 Å². The monoisotopic (exact) mass is 349 g/mol. The fourth-order valence-electron chi connectivity index (χ4n) is 2.26.